The van der Waals surface area contributed by atoms with Crippen molar-refractivity contribution in [2.24, 2.45) is 29.6 Å². The Morgan fingerprint density at radius 1 is 0.929 bits per heavy atom. The molecular weight excluding hydrogens is 632 g/mol. The van der Waals surface area contributed by atoms with Gasteiger partial charge in [-0.25, -0.2) is 0 Å². The molecule has 2 aliphatic carbocycles. The maximum atomic E-state index is 14.0. The van der Waals surface area contributed by atoms with Crippen LogP contribution in [0, 0.1) is 36.5 Å². The van der Waals surface area contributed by atoms with Crippen LogP contribution in [-0.2, 0) is 16.2 Å². The fourth-order valence-electron chi connectivity index (χ4n) is 7.92. The molecule has 0 radical (unpaired) electrons. The monoisotopic (exact) mass is 658 g/mol. The molecule has 8 rings (SSSR count). The van der Waals surface area contributed by atoms with Gasteiger partial charge in [-0.05, 0) is 67.0 Å². The second-order valence-electron chi connectivity index (χ2n) is 11.8. The van der Waals surface area contributed by atoms with Crippen molar-refractivity contribution in [3.8, 4) is 5.75 Å². The molecular formula is C33H27BrN2O4S2. The standard InChI is InChI=1S/C33H27BrN2O4S2/c1-16-6-8-17(9-7-16)15-40-23-5-3-2-4-20(23)24-25-21-14-22(28(25)41-30-29(24)42-33(39)35-30)27-26(21)31(37)36(32(27)38)19-12-10-18(34)11-13-19/h2-13,21-22,24-28H,14-15H2,1H3,(H,35,39)/t21?,22?,24-,25?,26?,27?,28?/m1/s1. The molecule has 1 saturated heterocycles. The Labute approximate surface area is 259 Å². The number of ether oxygens (including phenoxy) is 1. The minimum Gasteiger partial charge on any atom is -0.489 e. The molecule has 9 heteroatoms. The van der Waals surface area contributed by atoms with Crippen molar-refractivity contribution in [3.05, 3.63) is 109 Å². The number of thioether (sulfide) groups is 1. The molecule has 212 valence electrons. The summed E-state index contributed by atoms with van der Waals surface area (Å²) in [5.74, 6) is 0.122. The number of carbonyl (C=O) groups is 2. The van der Waals surface area contributed by atoms with Crippen LogP contribution in [0.4, 0.5) is 5.69 Å². The highest BCUT2D eigenvalue weighted by atomic mass is 79.9. The number of hydrogen-bond donors (Lipinski definition) is 1. The van der Waals surface area contributed by atoms with E-state index in [9.17, 15) is 14.4 Å². The number of fused-ring (bicyclic) bond motifs is 9. The molecule has 2 aliphatic heterocycles. The van der Waals surface area contributed by atoms with Crippen molar-refractivity contribution in [1.82, 2.24) is 4.98 Å². The molecule has 6 nitrogen and oxygen atoms in total. The fourth-order valence-corrected chi connectivity index (χ4v) is 11.1. The zero-order valence-electron chi connectivity index (χ0n) is 22.7. The van der Waals surface area contributed by atoms with Gasteiger partial charge in [0.15, 0.2) is 0 Å². The van der Waals surface area contributed by atoms with Gasteiger partial charge in [0.25, 0.3) is 0 Å². The summed E-state index contributed by atoms with van der Waals surface area (Å²) >= 11 is 6.42. The van der Waals surface area contributed by atoms with E-state index < -0.39 is 0 Å². The molecule has 1 N–H and O–H groups in total. The quantitative estimate of drug-likeness (QED) is 0.240. The molecule has 3 fully saturated rings. The lowest BCUT2D eigenvalue weighted by Crippen LogP contribution is -2.42. The van der Waals surface area contributed by atoms with Crippen molar-refractivity contribution in [1.29, 1.82) is 0 Å². The molecule has 3 heterocycles. The maximum absolute atomic E-state index is 14.0. The number of rotatable bonds is 5. The minimum atomic E-state index is -0.339. The molecule has 2 amide bonds. The molecule has 4 aliphatic rings. The van der Waals surface area contributed by atoms with Gasteiger partial charge < -0.3 is 9.72 Å². The summed E-state index contributed by atoms with van der Waals surface area (Å²) < 4.78 is 7.35. The number of benzene rings is 3. The summed E-state index contributed by atoms with van der Waals surface area (Å²) in [5.41, 5.74) is 3.97. The summed E-state index contributed by atoms with van der Waals surface area (Å²) in [6, 6.07) is 23.8. The molecule has 2 saturated carbocycles. The largest absolute Gasteiger partial charge is 0.489 e. The van der Waals surface area contributed by atoms with Crippen molar-refractivity contribution in [2.45, 2.75) is 36.1 Å². The minimum absolute atomic E-state index is 0.0508. The summed E-state index contributed by atoms with van der Waals surface area (Å²) in [4.78, 5) is 46.0. The number of imide groups is 1. The van der Waals surface area contributed by atoms with Gasteiger partial charge in [-0.2, -0.15) is 0 Å². The van der Waals surface area contributed by atoms with Gasteiger partial charge in [0.05, 0.1) is 22.5 Å². The van der Waals surface area contributed by atoms with Gasteiger partial charge in [-0.15, -0.1) is 11.8 Å². The molecule has 7 atom stereocenters. The van der Waals surface area contributed by atoms with Crippen LogP contribution in [0.3, 0.4) is 0 Å². The third-order valence-electron chi connectivity index (χ3n) is 9.58. The van der Waals surface area contributed by atoms with Gasteiger partial charge in [-0.3, -0.25) is 19.3 Å². The number of para-hydroxylation sites is 1. The van der Waals surface area contributed by atoms with Crippen molar-refractivity contribution < 1.29 is 14.3 Å². The number of amides is 2. The number of aryl methyl sites for hydroxylation is 1. The van der Waals surface area contributed by atoms with E-state index in [1.807, 2.05) is 42.5 Å². The lowest BCUT2D eigenvalue weighted by Gasteiger charge is -2.43. The average Bonchev–Trinajstić information content (AvgIpc) is 3.72. The second kappa shape index (κ2) is 9.96. The highest BCUT2D eigenvalue weighted by Gasteiger charge is 2.69. The van der Waals surface area contributed by atoms with Crippen LogP contribution in [0.5, 0.6) is 5.75 Å². The number of carbonyl (C=O) groups excluding carboxylic acids is 2. The second-order valence-corrected chi connectivity index (χ2v) is 14.9. The van der Waals surface area contributed by atoms with Gasteiger partial charge in [0, 0.05) is 26.1 Å². The Bertz CT molecular complexity index is 1780. The summed E-state index contributed by atoms with van der Waals surface area (Å²) in [6.07, 6.45) is 0.853. The Morgan fingerprint density at radius 3 is 2.40 bits per heavy atom. The first-order valence-electron chi connectivity index (χ1n) is 14.2. The predicted molar refractivity (Wildman–Crippen MR) is 167 cm³/mol. The third-order valence-corrected chi connectivity index (χ3v) is 12.7. The zero-order chi connectivity index (χ0) is 28.7. The molecule has 3 aromatic carbocycles. The van der Waals surface area contributed by atoms with E-state index in [1.54, 1.807) is 11.8 Å². The first kappa shape index (κ1) is 26.5. The Kier molecular flexibility index (Phi) is 6.28. The summed E-state index contributed by atoms with van der Waals surface area (Å²) in [7, 11) is 0. The number of hydrogen-bond acceptors (Lipinski definition) is 6. The van der Waals surface area contributed by atoms with Crippen molar-refractivity contribution >= 4 is 56.5 Å². The van der Waals surface area contributed by atoms with Gasteiger partial charge >= 0.3 is 4.87 Å². The third kappa shape index (κ3) is 4.00. The lowest BCUT2D eigenvalue weighted by atomic mass is 9.68. The van der Waals surface area contributed by atoms with Gasteiger partial charge in [0.2, 0.25) is 11.8 Å². The molecule has 0 spiro atoms. The number of thiazole rings is 1. The molecule has 42 heavy (non-hydrogen) atoms. The number of halogens is 1. The topological polar surface area (TPSA) is 79.5 Å². The predicted octanol–water partition coefficient (Wildman–Crippen LogP) is 6.76. The van der Waals surface area contributed by atoms with E-state index >= 15 is 0 Å². The fraction of sp³-hybridized carbons (Fsp3) is 0.303. The summed E-state index contributed by atoms with van der Waals surface area (Å²) in [6.45, 7) is 2.51. The van der Waals surface area contributed by atoms with Gasteiger partial charge in [0.1, 0.15) is 12.4 Å². The molecule has 6 unspecified atom stereocenters. The van der Waals surface area contributed by atoms with Crippen LogP contribution in [0.2, 0.25) is 0 Å². The van der Waals surface area contributed by atoms with E-state index in [2.05, 4.69) is 58.2 Å². The number of aromatic amines is 1. The average molecular weight is 660 g/mol. The highest BCUT2D eigenvalue weighted by molar-refractivity contribution is 9.10. The SMILES string of the molecule is Cc1ccc(COc2ccccc2[C@H]2c3sc(=O)[nH]c3SC3C4CC(C5C(=O)N(c6ccc(Br)cc6)C(=O)C45)C32)cc1. The molecule has 2 bridgehead atoms. The Balaban J connectivity index is 1.18. The number of anilines is 1. The van der Waals surface area contributed by atoms with Crippen LogP contribution in [-0.4, -0.2) is 22.0 Å². The van der Waals surface area contributed by atoms with E-state index in [0.29, 0.717) is 12.3 Å². The Hall–Kier alpha value is -3.14. The van der Waals surface area contributed by atoms with Crippen molar-refractivity contribution in [3.63, 3.8) is 0 Å². The number of nitrogens with one attached hydrogen (secondary N) is 1. The van der Waals surface area contributed by atoms with Crippen molar-refractivity contribution in [2.75, 3.05) is 4.90 Å². The van der Waals surface area contributed by atoms with E-state index in [1.165, 1.54) is 21.8 Å². The van der Waals surface area contributed by atoms with Crippen LogP contribution < -0.4 is 14.5 Å². The van der Waals surface area contributed by atoms with Crippen LogP contribution >= 0.6 is 39.0 Å². The smallest absolute Gasteiger partial charge is 0.305 e. The first-order valence-corrected chi connectivity index (χ1v) is 16.7. The number of aromatic nitrogens is 1. The highest BCUT2D eigenvalue weighted by Crippen LogP contribution is 2.69. The normalized spacial score (nSPS) is 29.0. The lowest BCUT2D eigenvalue weighted by molar-refractivity contribution is -0.123. The van der Waals surface area contributed by atoms with Crippen LogP contribution in [0.15, 0.2) is 87.1 Å². The number of H-pyrrole nitrogens is 1. The molecule has 1 aromatic heterocycles. The number of nitrogens with zero attached hydrogens (tertiary/aromatic N) is 1. The maximum Gasteiger partial charge on any atom is 0.305 e. The van der Waals surface area contributed by atoms with Gasteiger partial charge in [-0.1, -0.05) is 75.3 Å². The van der Waals surface area contributed by atoms with E-state index in [-0.39, 0.29) is 57.4 Å². The van der Waals surface area contributed by atoms with E-state index in [0.717, 1.165) is 37.7 Å². The molecule has 4 aromatic rings. The zero-order valence-corrected chi connectivity index (χ0v) is 25.9. The van der Waals surface area contributed by atoms with E-state index in [4.69, 9.17) is 4.74 Å². The van der Waals surface area contributed by atoms with Crippen LogP contribution in [0.25, 0.3) is 0 Å². The first-order chi connectivity index (χ1) is 20.4. The summed E-state index contributed by atoms with van der Waals surface area (Å²) in [5, 5.41) is 1.03. The van der Waals surface area contributed by atoms with Crippen LogP contribution in [0.1, 0.15) is 33.9 Å². The Morgan fingerprint density at radius 2 is 1.64 bits per heavy atom.